The standard InChI is InChI=1S/C24H27F3N4O5/c1-13(2)9-18(29-19-10-14-5-3-4-6-16(14)30-23(19)35)22(34)31-17(11-15-7-8-28-21(15)33)20(32)12-36-24(25,26)27/h3-6,10,13,15,17H,7-9,11-12H2,1-2H3,(H,28,33)(H,30,35)(H,31,34)/b29-18+/t15-,17-/m0/s1. The molecule has 12 heteroatoms. The first-order valence-corrected chi connectivity index (χ1v) is 11.4. The van der Waals surface area contributed by atoms with Gasteiger partial charge in [0.2, 0.25) is 5.91 Å². The highest BCUT2D eigenvalue weighted by Gasteiger charge is 2.35. The van der Waals surface area contributed by atoms with Gasteiger partial charge in [0.05, 0.1) is 6.04 Å². The maximum Gasteiger partial charge on any atom is 0.522 e. The van der Waals surface area contributed by atoms with Crippen LogP contribution < -0.4 is 16.2 Å². The monoisotopic (exact) mass is 508 g/mol. The number of nitrogens with one attached hydrogen (secondary N) is 3. The van der Waals surface area contributed by atoms with E-state index in [4.69, 9.17) is 0 Å². The summed E-state index contributed by atoms with van der Waals surface area (Å²) < 4.78 is 41.1. The number of halogens is 3. The van der Waals surface area contributed by atoms with Crippen molar-refractivity contribution < 1.29 is 32.3 Å². The van der Waals surface area contributed by atoms with Gasteiger partial charge in [-0.15, -0.1) is 13.2 Å². The molecule has 0 spiro atoms. The van der Waals surface area contributed by atoms with E-state index in [0.717, 1.165) is 0 Å². The molecule has 3 N–H and O–H groups in total. The molecule has 194 valence electrons. The number of ketones is 1. The number of para-hydroxylation sites is 1. The molecule has 1 fully saturated rings. The van der Waals surface area contributed by atoms with Gasteiger partial charge >= 0.3 is 6.36 Å². The number of benzene rings is 1. The number of aliphatic imine (C=N–C) groups is 1. The Balaban J connectivity index is 1.89. The summed E-state index contributed by atoms with van der Waals surface area (Å²) in [6, 6.07) is 7.10. The SMILES string of the molecule is CC(C)C/C(=N\c1cc2ccccc2[nH]c1=O)C(=O)N[C@@H](C[C@@H]1CCNC1=O)C(=O)COC(F)(F)F. The Morgan fingerprint density at radius 3 is 2.58 bits per heavy atom. The van der Waals surface area contributed by atoms with E-state index in [2.05, 4.69) is 25.3 Å². The van der Waals surface area contributed by atoms with Crippen molar-refractivity contribution in [2.75, 3.05) is 13.2 Å². The summed E-state index contributed by atoms with van der Waals surface area (Å²) >= 11 is 0. The molecule has 2 atom stereocenters. The zero-order chi connectivity index (χ0) is 26.5. The van der Waals surface area contributed by atoms with Gasteiger partial charge in [-0.1, -0.05) is 32.0 Å². The Labute approximate surface area is 204 Å². The van der Waals surface area contributed by atoms with Gasteiger partial charge in [0.25, 0.3) is 11.5 Å². The fraction of sp³-hybridized carbons (Fsp3) is 0.458. The van der Waals surface area contributed by atoms with Crippen molar-refractivity contribution >= 4 is 39.9 Å². The zero-order valence-corrected chi connectivity index (χ0v) is 19.8. The molecule has 1 aliphatic rings. The van der Waals surface area contributed by atoms with E-state index in [9.17, 15) is 32.3 Å². The quantitative estimate of drug-likeness (QED) is 0.425. The third kappa shape index (κ3) is 7.48. The number of aromatic nitrogens is 1. The molecule has 0 radical (unpaired) electrons. The Morgan fingerprint density at radius 1 is 1.22 bits per heavy atom. The predicted octanol–water partition coefficient (Wildman–Crippen LogP) is 2.76. The molecule has 2 heterocycles. The summed E-state index contributed by atoms with van der Waals surface area (Å²) in [5.41, 5.74) is -0.0489. The number of rotatable bonds is 10. The molecule has 36 heavy (non-hydrogen) atoms. The first-order chi connectivity index (χ1) is 16.9. The number of amides is 2. The van der Waals surface area contributed by atoms with Crippen LogP contribution in [-0.2, 0) is 19.1 Å². The number of hydrogen-bond acceptors (Lipinski definition) is 6. The molecule has 2 amide bonds. The smallest absolute Gasteiger partial charge is 0.356 e. The van der Waals surface area contributed by atoms with Crippen molar-refractivity contribution in [3.63, 3.8) is 0 Å². The van der Waals surface area contributed by atoms with Crippen LogP contribution in [0, 0.1) is 11.8 Å². The van der Waals surface area contributed by atoms with E-state index in [1.54, 1.807) is 24.3 Å². The molecule has 0 bridgehead atoms. The van der Waals surface area contributed by atoms with Crippen LogP contribution in [0.4, 0.5) is 18.9 Å². The average molecular weight is 508 g/mol. The molecule has 2 aromatic rings. The van der Waals surface area contributed by atoms with Crippen molar-refractivity contribution in [1.82, 2.24) is 15.6 Å². The van der Waals surface area contributed by atoms with Crippen molar-refractivity contribution in [1.29, 1.82) is 0 Å². The molecule has 1 aromatic heterocycles. The maximum absolute atomic E-state index is 13.2. The van der Waals surface area contributed by atoms with E-state index < -0.39 is 42.2 Å². The number of nitrogens with zero attached hydrogens (tertiary/aromatic N) is 1. The maximum atomic E-state index is 13.2. The van der Waals surface area contributed by atoms with Crippen LogP contribution >= 0.6 is 0 Å². The van der Waals surface area contributed by atoms with Crippen molar-refractivity contribution in [3.05, 3.63) is 40.7 Å². The molecule has 1 aromatic carbocycles. The molecule has 0 saturated carbocycles. The molecule has 3 rings (SSSR count). The predicted molar refractivity (Wildman–Crippen MR) is 126 cm³/mol. The molecule has 0 aliphatic carbocycles. The van der Waals surface area contributed by atoms with Crippen LogP contribution in [0.5, 0.6) is 0 Å². The highest BCUT2D eigenvalue weighted by Crippen LogP contribution is 2.20. The molecule has 1 aliphatic heterocycles. The van der Waals surface area contributed by atoms with Gasteiger partial charge in [0, 0.05) is 23.4 Å². The van der Waals surface area contributed by atoms with Crippen molar-refractivity contribution in [2.45, 2.75) is 45.5 Å². The van der Waals surface area contributed by atoms with Gasteiger partial charge in [0.1, 0.15) is 18.0 Å². The van der Waals surface area contributed by atoms with Crippen LogP contribution in [0.15, 0.2) is 40.1 Å². The minimum absolute atomic E-state index is 0.0297. The van der Waals surface area contributed by atoms with E-state index in [1.165, 1.54) is 6.07 Å². The first-order valence-electron chi connectivity index (χ1n) is 11.4. The Bertz CT molecular complexity index is 1220. The Morgan fingerprint density at radius 2 is 1.94 bits per heavy atom. The second kappa shape index (κ2) is 11.5. The molecule has 0 unspecified atom stereocenters. The lowest BCUT2D eigenvalue weighted by Crippen LogP contribution is -2.47. The second-order valence-electron chi connectivity index (χ2n) is 8.97. The summed E-state index contributed by atoms with van der Waals surface area (Å²) in [5, 5.41) is 5.70. The number of carbonyl (C=O) groups is 3. The van der Waals surface area contributed by atoms with Crippen molar-refractivity contribution in [2.24, 2.45) is 16.8 Å². The number of hydrogen-bond donors (Lipinski definition) is 3. The number of pyridine rings is 1. The number of alkyl halides is 3. The summed E-state index contributed by atoms with van der Waals surface area (Å²) in [6.45, 7) is 2.68. The second-order valence-corrected chi connectivity index (χ2v) is 8.97. The average Bonchev–Trinajstić information content (AvgIpc) is 3.20. The van der Waals surface area contributed by atoms with E-state index in [0.29, 0.717) is 23.9 Å². The van der Waals surface area contributed by atoms with E-state index in [-0.39, 0.29) is 36.1 Å². The molecular weight excluding hydrogens is 481 g/mol. The Hall–Kier alpha value is -3.54. The largest absolute Gasteiger partial charge is 0.522 e. The lowest BCUT2D eigenvalue weighted by atomic mass is 9.95. The number of H-pyrrole nitrogens is 1. The zero-order valence-electron chi connectivity index (χ0n) is 19.8. The summed E-state index contributed by atoms with van der Waals surface area (Å²) in [5.74, 6) is -2.93. The fourth-order valence-electron chi connectivity index (χ4n) is 3.86. The van der Waals surface area contributed by atoms with Crippen LogP contribution in [0.3, 0.4) is 0 Å². The van der Waals surface area contributed by atoms with Gasteiger partial charge in [-0.25, -0.2) is 4.99 Å². The van der Waals surface area contributed by atoms with Gasteiger partial charge in [0.15, 0.2) is 5.78 Å². The summed E-state index contributed by atoms with van der Waals surface area (Å²) in [6.07, 6.45) is -4.72. The summed E-state index contributed by atoms with van der Waals surface area (Å²) in [7, 11) is 0. The first kappa shape index (κ1) is 27.1. The Kier molecular flexibility index (Phi) is 8.62. The molecular formula is C24H27F3N4O5. The lowest BCUT2D eigenvalue weighted by molar-refractivity contribution is -0.321. The van der Waals surface area contributed by atoms with Crippen molar-refractivity contribution in [3.8, 4) is 0 Å². The highest BCUT2D eigenvalue weighted by atomic mass is 19.4. The normalized spacial score (nSPS) is 17.3. The number of carbonyl (C=O) groups excluding carboxylic acids is 3. The van der Waals surface area contributed by atoms with Crippen LogP contribution in [0.25, 0.3) is 10.9 Å². The van der Waals surface area contributed by atoms with Crippen LogP contribution in [-0.4, -0.2) is 53.8 Å². The van der Waals surface area contributed by atoms with Gasteiger partial charge in [-0.2, -0.15) is 0 Å². The topological polar surface area (TPSA) is 130 Å². The third-order valence-electron chi connectivity index (χ3n) is 5.61. The van der Waals surface area contributed by atoms with Crippen LogP contribution in [0.2, 0.25) is 0 Å². The number of Topliss-reactive ketones (excluding diaryl/α,β-unsaturated/α-hetero) is 1. The van der Waals surface area contributed by atoms with Gasteiger partial charge < -0.3 is 15.6 Å². The van der Waals surface area contributed by atoms with Gasteiger partial charge in [-0.05, 0) is 37.3 Å². The summed E-state index contributed by atoms with van der Waals surface area (Å²) in [4.78, 5) is 57.2. The number of aromatic amines is 1. The fourth-order valence-corrected chi connectivity index (χ4v) is 3.86. The number of fused-ring (bicyclic) bond motifs is 1. The third-order valence-corrected chi connectivity index (χ3v) is 5.61. The minimum atomic E-state index is -5.03. The highest BCUT2D eigenvalue weighted by molar-refractivity contribution is 6.39. The van der Waals surface area contributed by atoms with Crippen LogP contribution in [0.1, 0.15) is 33.1 Å². The van der Waals surface area contributed by atoms with E-state index in [1.807, 2.05) is 13.8 Å². The lowest BCUT2D eigenvalue weighted by Gasteiger charge is -2.21. The minimum Gasteiger partial charge on any atom is -0.356 e. The van der Waals surface area contributed by atoms with E-state index >= 15 is 0 Å². The molecule has 9 nitrogen and oxygen atoms in total. The molecule has 1 saturated heterocycles. The van der Waals surface area contributed by atoms with Gasteiger partial charge in [-0.3, -0.25) is 23.9 Å². The number of ether oxygens (including phenoxy) is 1.